The second kappa shape index (κ2) is 7.53. The van der Waals surface area contributed by atoms with Gasteiger partial charge in [0.1, 0.15) is 5.75 Å². The lowest BCUT2D eigenvalue weighted by Gasteiger charge is -2.09. The van der Waals surface area contributed by atoms with E-state index in [4.69, 9.17) is 15.7 Å². The van der Waals surface area contributed by atoms with Crippen LogP contribution in [0.4, 0.5) is 0 Å². The first-order valence-electron chi connectivity index (χ1n) is 5.83. The van der Waals surface area contributed by atoms with Crippen molar-refractivity contribution in [2.45, 2.75) is 14.4 Å². The van der Waals surface area contributed by atoms with Gasteiger partial charge in [-0.1, -0.05) is 46.1 Å². The zero-order chi connectivity index (χ0) is 15.2. The predicted molar refractivity (Wildman–Crippen MR) is 86.8 cm³/mol. The van der Waals surface area contributed by atoms with Crippen molar-refractivity contribution in [1.29, 1.82) is 0 Å². The van der Waals surface area contributed by atoms with Gasteiger partial charge in [0.25, 0.3) is 0 Å². The minimum absolute atomic E-state index is 0.0276. The summed E-state index contributed by atoms with van der Waals surface area (Å²) in [6.45, 7) is 0. The number of ether oxygens (including phenoxy) is 1. The zero-order valence-corrected chi connectivity index (χ0v) is 13.9. The van der Waals surface area contributed by atoms with Crippen molar-refractivity contribution in [3.05, 3.63) is 29.3 Å². The quantitative estimate of drug-likeness (QED) is 0.274. The van der Waals surface area contributed by atoms with Crippen LogP contribution in [-0.4, -0.2) is 34.6 Å². The summed E-state index contributed by atoms with van der Waals surface area (Å²) in [5.41, 5.74) is 7.23. The van der Waals surface area contributed by atoms with E-state index >= 15 is 0 Å². The van der Waals surface area contributed by atoms with E-state index < -0.39 is 0 Å². The van der Waals surface area contributed by atoms with Gasteiger partial charge in [-0.25, -0.2) is 0 Å². The van der Waals surface area contributed by atoms with Crippen LogP contribution in [0.5, 0.6) is 5.75 Å². The van der Waals surface area contributed by atoms with Gasteiger partial charge in [0, 0.05) is 5.75 Å². The Kier molecular flexibility index (Phi) is 5.71. The molecule has 1 aromatic heterocycles. The number of oxime groups is 1. The fourth-order valence-electron chi connectivity index (χ4n) is 1.57. The second-order valence-corrected chi connectivity index (χ2v) is 7.10. The number of benzene rings is 1. The number of methoxy groups -OCH3 is 1. The van der Waals surface area contributed by atoms with Gasteiger partial charge < -0.3 is 15.7 Å². The highest BCUT2D eigenvalue weighted by atomic mass is 32.2. The van der Waals surface area contributed by atoms with E-state index in [2.05, 4.69) is 15.4 Å². The van der Waals surface area contributed by atoms with Gasteiger partial charge in [-0.3, -0.25) is 0 Å². The molecular weight excluding hydrogens is 328 g/mol. The molecule has 0 amide bonds. The monoisotopic (exact) mass is 342 g/mol. The number of aromatic nitrogens is 2. The van der Waals surface area contributed by atoms with Gasteiger partial charge in [0.05, 0.1) is 12.7 Å². The van der Waals surface area contributed by atoms with E-state index in [-0.39, 0.29) is 5.84 Å². The molecule has 2 rings (SSSR count). The standard InChI is InChI=1S/C12H14N4O2S3/c1-18-9-5-7(3-4-8(9)10(13)16-17)6-20-12-15-14-11(19-2)21-12/h3-5,17H,6H2,1-2H3,(H2,13,16). The van der Waals surface area contributed by atoms with E-state index in [1.165, 1.54) is 0 Å². The van der Waals surface area contributed by atoms with E-state index in [0.29, 0.717) is 11.3 Å². The molecule has 1 aromatic carbocycles. The van der Waals surface area contributed by atoms with Crippen molar-refractivity contribution in [1.82, 2.24) is 10.2 Å². The number of nitrogens with zero attached hydrogens (tertiary/aromatic N) is 3. The fourth-order valence-corrected chi connectivity index (χ4v) is 3.96. The number of hydrogen-bond acceptors (Lipinski definition) is 8. The van der Waals surface area contributed by atoms with E-state index in [9.17, 15) is 0 Å². The Balaban J connectivity index is 2.10. The molecule has 0 atom stereocenters. The topological polar surface area (TPSA) is 93.6 Å². The molecule has 0 aliphatic heterocycles. The molecule has 21 heavy (non-hydrogen) atoms. The maximum absolute atomic E-state index is 8.74. The number of amidine groups is 1. The summed E-state index contributed by atoms with van der Waals surface area (Å²) in [5.74, 6) is 1.35. The van der Waals surface area contributed by atoms with Crippen LogP contribution in [-0.2, 0) is 5.75 Å². The predicted octanol–water partition coefficient (Wildman–Crippen LogP) is 2.66. The van der Waals surface area contributed by atoms with Crippen LogP contribution in [0.15, 0.2) is 32.0 Å². The lowest BCUT2D eigenvalue weighted by Crippen LogP contribution is -2.14. The summed E-state index contributed by atoms with van der Waals surface area (Å²) in [4.78, 5) is 0. The third kappa shape index (κ3) is 4.02. The highest BCUT2D eigenvalue weighted by molar-refractivity contribution is 8.02. The number of thioether (sulfide) groups is 2. The molecule has 9 heteroatoms. The van der Waals surface area contributed by atoms with Crippen LogP contribution >= 0.6 is 34.9 Å². The van der Waals surface area contributed by atoms with Gasteiger partial charge in [0.2, 0.25) is 0 Å². The first kappa shape index (κ1) is 15.9. The molecule has 6 nitrogen and oxygen atoms in total. The van der Waals surface area contributed by atoms with Crippen molar-refractivity contribution in [2.24, 2.45) is 10.9 Å². The molecule has 0 bridgehead atoms. The fraction of sp³-hybridized carbons (Fsp3) is 0.250. The second-order valence-electron chi connectivity index (χ2n) is 3.85. The zero-order valence-electron chi connectivity index (χ0n) is 11.4. The minimum Gasteiger partial charge on any atom is -0.496 e. The minimum atomic E-state index is 0.0276. The summed E-state index contributed by atoms with van der Waals surface area (Å²) < 4.78 is 7.16. The van der Waals surface area contributed by atoms with Crippen LogP contribution in [0.3, 0.4) is 0 Å². The lowest BCUT2D eigenvalue weighted by molar-refractivity contribution is 0.318. The molecule has 0 radical (unpaired) electrons. The van der Waals surface area contributed by atoms with Crippen molar-refractivity contribution < 1.29 is 9.94 Å². The van der Waals surface area contributed by atoms with Crippen LogP contribution in [0, 0.1) is 0 Å². The smallest absolute Gasteiger partial charge is 0.175 e. The van der Waals surface area contributed by atoms with Gasteiger partial charge in [-0.05, 0) is 24.0 Å². The van der Waals surface area contributed by atoms with E-state index in [1.54, 1.807) is 48.0 Å². The van der Waals surface area contributed by atoms with Gasteiger partial charge in [-0.15, -0.1) is 10.2 Å². The molecule has 0 aliphatic carbocycles. The van der Waals surface area contributed by atoms with Gasteiger partial charge in [-0.2, -0.15) is 0 Å². The Hall–Kier alpha value is -1.45. The Morgan fingerprint density at radius 1 is 1.43 bits per heavy atom. The number of nitrogens with two attached hydrogens (primary N) is 1. The molecule has 3 N–H and O–H groups in total. The van der Waals surface area contributed by atoms with Crippen molar-refractivity contribution in [3.8, 4) is 5.75 Å². The molecule has 1 heterocycles. The molecule has 2 aromatic rings. The number of hydrogen-bond donors (Lipinski definition) is 2. The van der Waals surface area contributed by atoms with Crippen LogP contribution < -0.4 is 10.5 Å². The maximum atomic E-state index is 8.74. The molecule has 0 unspecified atom stereocenters. The Labute approximate surface area is 134 Å². The van der Waals surface area contributed by atoms with Crippen LogP contribution in [0.2, 0.25) is 0 Å². The summed E-state index contributed by atoms with van der Waals surface area (Å²) >= 11 is 4.77. The molecule has 0 saturated carbocycles. The first-order chi connectivity index (χ1) is 10.2. The van der Waals surface area contributed by atoms with E-state index in [1.807, 2.05) is 18.4 Å². The summed E-state index contributed by atoms with van der Waals surface area (Å²) in [6, 6.07) is 5.56. The number of rotatable bonds is 6. The molecular formula is C12H14N4O2S3. The average Bonchev–Trinajstić information content (AvgIpc) is 3.00. The average molecular weight is 342 g/mol. The molecule has 0 fully saturated rings. The first-order valence-corrected chi connectivity index (χ1v) is 8.85. The Morgan fingerprint density at radius 2 is 2.19 bits per heavy atom. The Bertz CT molecular complexity index is 645. The summed E-state index contributed by atoms with van der Waals surface area (Å²) in [7, 11) is 1.55. The highest BCUT2D eigenvalue weighted by Crippen LogP contribution is 2.31. The Morgan fingerprint density at radius 3 is 2.81 bits per heavy atom. The highest BCUT2D eigenvalue weighted by Gasteiger charge is 2.10. The molecule has 0 spiro atoms. The van der Waals surface area contributed by atoms with Crippen molar-refractivity contribution in [3.63, 3.8) is 0 Å². The largest absolute Gasteiger partial charge is 0.496 e. The maximum Gasteiger partial charge on any atom is 0.175 e. The third-order valence-electron chi connectivity index (χ3n) is 2.57. The van der Waals surface area contributed by atoms with Gasteiger partial charge >= 0.3 is 0 Å². The summed E-state index contributed by atoms with van der Waals surface area (Å²) in [5, 5.41) is 19.9. The van der Waals surface area contributed by atoms with E-state index in [0.717, 1.165) is 20.0 Å². The molecule has 0 saturated heterocycles. The summed E-state index contributed by atoms with van der Waals surface area (Å²) in [6.07, 6.45) is 1.98. The SMILES string of the molecule is COc1cc(CSc2nnc(SC)s2)ccc1/C(N)=N/O. The molecule has 112 valence electrons. The van der Waals surface area contributed by atoms with Crippen molar-refractivity contribution in [2.75, 3.05) is 13.4 Å². The van der Waals surface area contributed by atoms with Crippen LogP contribution in [0.1, 0.15) is 11.1 Å². The lowest BCUT2D eigenvalue weighted by atomic mass is 10.1. The third-order valence-corrected chi connectivity index (χ3v) is 5.68. The molecule has 0 aliphatic rings. The van der Waals surface area contributed by atoms with Crippen molar-refractivity contribution >= 4 is 40.7 Å². The van der Waals surface area contributed by atoms with Gasteiger partial charge in [0.15, 0.2) is 14.5 Å². The van der Waals surface area contributed by atoms with Crippen LogP contribution in [0.25, 0.3) is 0 Å². The normalized spacial score (nSPS) is 11.6.